The lowest BCUT2D eigenvalue weighted by Crippen LogP contribution is -2.29. The van der Waals surface area contributed by atoms with Crippen molar-refractivity contribution in [3.63, 3.8) is 0 Å². The Kier molecular flexibility index (Phi) is 6.31. The van der Waals surface area contributed by atoms with E-state index in [2.05, 4.69) is 21.2 Å². The first-order valence-corrected chi connectivity index (χ1v) is 7.10. The summed E-state index contributed by atoms with van der Waals surface area (Å²) >= 11 is 3.44. The summed E-state index contributed by atoms with van der Waals surface area (Å²) in [5.74, 6) is 1.01. The van der Waals surface area contributed by atoms with Crippen molar-refractivity contribution in [3.05, 3.63) is 28.2 Å². The number of hydrogen-bond acceptors (Lipinski definition) is 3. The minimum absolute atomic E-state index is 0.0254. The van der Waals surface area contributed by atoms with Crippen molar-refractivity contribution < 1.29 is 9.53 Å². The van der Waals surface area contributed by atoms with Gasteiger partial charge < -0.3 is 15.8 Å². The van der Waals surface area contributed by atoms with Crippen LogP contribution in [0.4, 0.5) is 0 Å². The van der Waals surface area contributed by atoms with Gasteiger partial charge in [0.05, 0.1) is 17.6 Å². The molecule has 0 aliphatic carbocycles. The molecule has 4 nitrogen and oxygen atoms in total. The number of hydrogen-bond donors (Lipinski definition) is 2. The molecule has 2 unspecified atom stereocenters. The van der Waals surface area contributed by atoms with Crippen LogP contribution >= 0.6 is 15.9 Å². The van der Waals surface area contributed by atoms with Crippen LogP contribution in [0.1, 0.15) is 31.9 Å². The van der Waals surface area contributed by atoms with E-state index in [9.17, 15) is 4.79 Å². The van der Waals surface area contributed by atoms with Gasteiger partial charge in [0.15, 0.2) is 0 Å². The van der Waals surface area contributed by atoms with Gasteiger partial charge >= 0.3 is 0 Å². The largest absolute Gasteiger partial charge is 0.496 e. The van der Waals surface area contributed by atoms with E-state index in [4.69, 9.17) is 10.5 Å². The molecule has 0 fully saturated rings. The van der Waals surface area contributed by atoms with Gasteiger partial charge in [-0.2, -0.15) is 0 Å². The number of carbonyl (C=O) groups is 1. The number of carbonyl (C=O) groups excluding carboxylic acids is 1. The van der Waals surface area contributed by atoms with Gasteiger partial charge in [-0.3, -0.25) is 4.79 Å². The Bertz CT molecular complexity index is 437. The minimum atomic E-state index is -0.0420. The van der Waals surface area contributed by atoms with Crippen molar-refractivity contribution in [2.75, 3.05) is 13.7 Å². The Balaban J connectivity index is 2.65. The molecule has 1 rings (SSSR count). The van der Waals surface area contributed by atoms with Crippen LogP contribution in [0.2, 0.25) is 0 Å². The number of methoxy groups -OCH3 is 1. The van der Waals surface area contributed by atoms with E-state index in [-0.39, 0.29) is 17.9 Å². The highest BCUT2D eigenvalue weighted by Gasteiger charge is 2.13. The maximum absolute atomic E-state index is 11.8. The first-order chi connectivity index (χ1) is 8.97. The van der Waals surface area contributed by atoms with Gasteiger partial charge in [-0.25, -0.2) is 0 Å². The third-order valence-corrected chi connectivity index (χ3v) is 3.61. The molecule has 1 amide bonds. The molecule has 0 aliphatic heterocycles. The van der Waals surface area contributed by atoms with Crippen LogP contribution in [-0.2, 0) is 4.79 Å². The molecule has 0 aliphatic rings. The van der Waals surface area contributed by atoms with Crippen LogP contribution in [-0.4, -0.2) is 19.6 Å². The normalized spacial score (nSPS) is 13.7. The highest BCUT2D eigenvalue weighted by atomic mass is 79.9. The van der Waals surface area contributed by atoms with Crippen LogP contribution in [0.15, 0.2) is 22.7 Å². The van der Waals surface area contributed by atoms with Crippen molar-refractivity contribution in [2.45, 2.75) is 26.3 Å². The maximum Gasteiger partial charge on any atom is 0.220 e. The minimum Gasteiger partial charge on any atom is -0.496 e. The summed E-state index contributed by atoms with van der Waals surface area (Å²) in [5.41, 5.74) is 6.54. The SMILES string of the molecule is COc1ccc(C(C)NC(=O)CC(C)CN)cc1Br. The van der Waals surface area contributed by atoms with Crippen LogP contribution < -0.4 is 15.8 Å². The van der Waals surface area contributed by atoms with E-state index in [1.54, 1.807) is 7.11 Å². The Morgan fingerprint density at radius 1 is 1.47 bits per heavy atom. The lowest BCUT2D eigenvalue weighted by atomic mass is 10.1. The van der Waals surface area contributed by atoms with Crippen molar-refractivity contribution >= 4 is 21.8 Å². The quantitative estimate of drug-likeness (QED) is 0.843. The molecule has 0 aromatic heterocycles. The predicted molar refractivity (Wildman–Crippen MR) is 80.1 cm³/mol. The van der Waals surface area contributed by atoms with Gasteiger partial charge in [-0.15, -0.1) is 0 Å². The smallest absolute Gasteiger partial charge is 0.220 e. The van der Waals surface area contributed by atoms with E-state index >= 15 is 0 Å². The Morgan fingerprint density at radius 3 is 2.68 bits per heavy atom. The summed E-state index contributed by atoms with van der Waals surface area (Å²) < 4.78 is 6.06. The zero-order valence-corrected chi connectivity index (χ0v) is 13.2. The molecule has 0 heterocycles. The third-order valence-electron chi connectivity index (χ3n) is 2.99. The zero-order chi connectivity index (χ0) is 14.4. The summed E-state index contributed by atoms with van der Waals surface area (Å²) in [6.45, 7) is 4.45. The van der Waals surface area contributed by atoms with Crippen molar-refractivity contribution in [3.8, 4) is 5.75 Å². The Labute approximate surface area is 122 Å². The van der Waals surface area contributed by atoms with E-state index in [0.717, 1.165) is 15.8 Å². The fraction of sp³-hybridized carbons (Fsp3) is 0.500. The molecule has 1 aromatic carbocycles. The first kappa shape index (κ1) is 16.0. The first-order valence-electron chi connectivity index (χ1n) is 6.30. The number of nitrogens with one attached hydrogen (secondary N) is 1. The second-order valence-corrected chi connectivity index (χ2v) is 5.58. The molecular formula is C14H21BrN2O2. The molecule has 2 atom stereocenters. The fourth-order valence-corrected chi connectivity index (χ4v) is 2.29. The highest BCUT2D eigenvalue weighted by molar-refractivity contribution is 9.10. The Hall–Kier alpha value is -1.07. The van der Waals surface area contributed by atoms with Crippen LogP contribution in [0, 0.1) is 5.92 Å². The average molecular weight is 329 g/mol. The summed E-state index contributed by atoms with van der Waals surface area (Å²) in [5, 5.41) is 2.97. The fourth-order valence-electron chi connectivity index (χ4n) is 1.74. The molecule has 0 radical (unpaired) electrons. The zero-order valence-electron chi connectivity index (χ0n) is 11.6. The summed E-state index contributed by atoms with van der Waals surface area (Å²) in [6, 6.07) is 5.74. The van der Waals surface area contributed by atoms with E-state index in [1.807, 2.05) is 32.0 Å². The second kappa shape index (κ2) is 7.50. The van der Waals surface area contributed by atoms with E-state index in [1.165, 1.54) is 0 Å². The molecule has 106 valence electrons. The van der Waals surface area contributed by atoms with Gasteiger partial charge in [0.25, 0.3) is 0 Å². The molecule has 0 saturated carbocycles. The van der Waals surface area contributed by atoms with Gasteiger partial charge in [-0.05, 0) is 53.0 Å². The monoisotopic (exact) mass is 328 g/mol. The lowest BCUT2D eigenvalue weighted by molar-refractivity contribution is -0.122. The third kappa shape index (κ3) is 4.84. The van der Waals surface area contributed by atoms with Crippen molar-refractivity contribution in [2.24, 2.45) is 11.7 Å². The van der Waals surface area contributed by atoms with Crippen molar-refractivity contribution in [1.82, 2.24) is 5.32 Å². The number of halogens is 1. The van der Waals surface area contributed by atoms with Gasteiger partial charge in [0.2, 0.25) is 5.91 Å². The van der Waals surface area contributed by atoms with Crippen LogP contribution in [0.5, 0.6) is 5.75 Å². The topological polar surface area (TPSA) is 64.3 Å². The number of nitrogens with two attached hydrogens (primary N) is 1. The summed E-state index contributed by atoms with van der Waals surface area (Å²) in [4.78, 5) is 11.8. The summed E-state index contributed by atoms with van der Waals surface area (Å²) in [6.07, 6.45) is 0.457. The number of amides is 1. The van der Waals surface area contributed by atoms with E-state index in [0.29, 0.717) is 13.0 Å². The molecule has 5 heteroatoms. The highest BCUT2D eigenvalue weighted by Crippen LogP contribution is 2.28. The lowest BCUT2D eigenvalue weighted by Gasteiger charge is -2.17. The van der Waals surface area contributed by atoms with Gasteiger partial charge in [-0.1, -0.05) is 13.0 Å². The van der Waals surface area contributed by atoms with Crippen LogP contribution in [0.25, 0.3) is 0 Å². The second-order valence-electron chi connectivity index (χ2n) is 4.73. The van der Waals surface area contributed by atoms with Crippen molar-refractivity contribution in [1.29, 1.82) is 0 Å². The summed E-state index contributed by atoms with van der Waals surface area (Å²) in [7, 11) is 1.62. The predicted octanol–water partition coefficient (Wildman–Crippen LogP) is 2.62. The number of rotatable bonds is 6. The number of ether oxygens (including phenoxy) is 1. The molecule has 1 aromatic rings. The Morgan fingerprint density at radius 2 is 2.16 bits per heavy atom. The average Bonchev–Trinajstić information content (AvgIpc) is 2.38. The standard InChI is InChI=1S/C14H21BrN2O2/c1-9(8-16)6-14(18)17-10(2)11-4-5-13(19-3)12(15)7-11/h4-5,7,9-10H,6,8,16H2,1-3H3,(H,17,18). The van der Waals surface area contributed by atoms with Gasteiger partial charge in [0.1, 0.15) is 5.75 Å². The number of benzene rings is 1. The molecule has 0 saturated heterocycles. The maximum atomic E-state index is 11.8. The van der Waals surface area contributed by atoms with Gasteiger partial charge in [0, 0.05) is 6.42 Å². The van der Waals surface area contributed by atoms with Crippen LogP contribution in [0.3, 0.4) is 0 Å². The molecular weight excluding hydrogens is 308 g/mol. The molecule has 0 spiro atoms. The molecule has 3 N–H and O–H groups in total. The molecule has 19 heavy (non-hydrogen) atoms. The van der Waals surface area contributed by atoms with E-state index < -0.39 is 0 Å². The molecule has 0 bridgehead atoms.